The first kappa shape index (κ1) is 24.9. The van der Waals surface area contributed by atoms with Gasteiger partial charge in [0.25, 0.3) is 0 Å². The van der Waals surface area contributed by atoms with Gasteiger partial charge in [-0.25, -0.2) is 0 Å². The average molecular weight is 484 g/mol. The number of amides is 2. The van der Waals surface area contributed by atoms with Gasteiger partial charge in [0, 0.05) is 36.3 Å². The molecule has 0 spiro atoms. The van der Waals surface area contributed by atoms with E-state index < -0.39 is 12.4 Å². The third kappa shape index (κ3) is 6.61. The molecule has 1 saturated heterocycles. The van der Waals surface area contributed by atoms with E-state index in [-0.39, 0.29) is 28.1 Å². The molecule has 178 valence electrons. The van der Waals surface area contributed by atoms with Crippen molar-refractivity contribution in [2.45, 2.75) is 38.1 Å². The topological polar surface area (TPSA) is 70.7 Å². The van der Waals surface area contributed by atoms with E-state index in [0.717, 1.165) is 12.8 Å². The predicted octanol–water partition coefficient (Wildman–Crippen LogP) is 4.83. The van der Waals surface area contributed by atoms with E-state index in [9.17, 15) is 22.8 Å². The van der Waals surface area contributed by atoms with Crippen LogP contribution in [0.5, 0.6) is 5.75 Å². The molecule has 1 unspecified atom stereocenters. The van der Waals surface area contributed by atoms with Gasteiger partial charge >= 0.3 is 6.36 Å². The molecule has 2 aromatic carbocycles. The first-order valence-electron chi connectivity index (χ1n) is 10.6. The lowest BCUT2D eigenvalue weighted by Gasteiger charge is -2.34. The molecule has 3 rings (SSSR count). The van der Waals surface area contributed by atoms with E-state index in [1.807, 2.05) is 0 Å². The summed E-state index contributed by atoms with van der Waals surface area (Å²) in [6.07, 6.45) is -2.29. The highest BCUT2D eigenvalue weighted by atomic mass is 35.5. The van der Waals surface area contributed by atoms with Gasteiger partial charge in [0.05, 0.1) is 5.02 Å². The maximum absolute atomic E-state index is 12.9. The lowest BCUT2D eigenvalue weighted by Crippen LogP contribution is -2.50. The summed E-state index contributed by atoms with van der Waals surface area (Å²) in [6, 6.07) is 9.65. The smallest absolute Gasteiger partial charge is 0.405 e. The molecule has 6 nitrogen and oxygen atoms in total. The Bertz CT molecular complexity index is 1000. The molecular weight excluding hydrogens is 459 g/mol. The Balaban J connectivity index is 1.77. The van der Waals surface area contributed by atoms with Crippen molar-refractivity contribution in [3.63, 3.8) is 0 Å². The van der Waals surface area contributed by atoms with Crippen molar-refractivity contribution in [1.82, 2.24) is 10.2 Å². The van der Waals surface area contributed by atoms with Crippen LogP contribution in [-0.4, -0.2) is 49.3 Å². The summed E-state index contributed by atoms with van der Waals surface area (Å²) in [4.78, 5) is 27.0. The Morgan fingerprint density at radius 3 is 2.61 bits per heavy atom. The molecule has 1 aliphatic rings. The monoisotopic (exact) mass is 483 g/mol. The molecule has 33 heavy (non-hydrogen) atoms. The second kappa shape index (κ2) is 10.9. The van der Waals surface area contributed by atoms with E-state index >= 15 is 0 Å². The van der Waals surface area contributed by atoms with Gasteiger partial charge in [-0.1, -0.05) is 35.9 Å². The number of piperidine rings is 1. The maximum Gasteiger partial charge on any atom is 0.573 e. The Morgan fingerprint density at radius 1 is 1.15 bits per heavy atom. The third-order valence-corrected chi connectivity index (χ3v) is 5.67. The van der Waals surface area contributed by atoms with Gasteiger partial charge in [0.15, 0.2) is 0 Å². The van der Waals surface area contributed by atoms with Crippen molar-refractivity contribution in [1.29, 1.82) is 0 Å². The number of hydrogen-bond donors (Lipinski definition) is 2. The number of para-hydroxylation sites is 1. The van der Waals surface area contributed by atoms with Crippen molar-refractivity contribution >= 4 is 29.1 Å². The van der Waals surface area contributed by atoms with Gasteiger partial charge in [-0.2, -0.15) is 0 Å². The predicted molar refractivity (Wildman–Crippen MR) is 120 cm³/mol. The third-order valence-electron chi connectivity index (χ3n) is 5.35. The Labute approximate surface area is 195 Å². The van der Waals surface area contributed by atoms with Gasteiger partial charge in [0.2, 0.25) is 11.8 Å². The first-order valence-corrected chi connectivity index (χ1v) is 11.0. The highest BCUT2D eigenvalue weighted by Gasteiger charge is 2.33. The van der Waals surface area contributed by atoms with Crippen LogP contribution in [0.15, 0.2) is 42.5 Å². The van der Waals surface area contributed by atoms with Crippen molar-refractivity contribution < 1.29 is 27.5 Å². The fraction of sp³-hybridized carbons (Fsp3) is 0.391. The lowest BCUT2D eigenvalue weighted by molar-refractivity contribution is -0.274. The average Bonchev–Trinajstić information content (AvgIpc) is 2.77. The quantitative estimate of drug-likeness (QED) is 0.591. The molecule has 0 bridgehead atoms. The van der Waals surface area contributed by atoms with E-state index in [4.69, 9.17) is 11.6 Å². The summed E-state index contributed by atoms with van der Waals surface area (Å²) in [6.45, 7) is 1.05. The molecule has 2 amide bonds. The minimum Gasteiger partial charge on any atom is -0.405 e. The SMILES string of the molecule is CNCCC(=O)N1CCCCC1C(=O)Nc1ccc(-c2ccccc2OC(F)(F)F)c(Cl)c1. The van der Waals surface area contributed by atoms with Gasteiger partial charge in [0.1, 0.15) is 11.8 Å². The molecule has 0 aliphatic carbocycles. The van der Waals surface area contributed by atoms with Crippen LogP contribution in [-0.2, 0) is 9.59 Å². The number of anilines is 1. The van der Waals surface area contributed by atoms with Crippen molar-refractivity contribution in [3.05, 3.63) is 47.5 Å². The molecule has 2 aromatic rings. The summed E-state index contributed by atoms with van der Waals surface area (Å²) >= 11 is 6.35. The highest BCUT2D eigenvalue weighted by Crippen LogP contribution is 2.38. The Hall–Kier alpha value is -2.78. The summed E-state index contributed by atoms with van der Waals surface area (Å²) < 4.78 is 42.3. The zero-order valence-corrected chi connectivity index (χ0v) is 18.8. The number of carbonyl (C=O) groups excluding carboxylic acids is 2. The fourth-order valence-corrected chi connectivity index (χ4v) is 4.10. The minimum absolute atomic E-state index is 0.0844. The molecule has 0 aromatic heterocycles. The van der Waals surface area contributed by atoms with Crippen LogP contribution in [0, 0.1) is 0 Å². The second-order valence-corrected chi connectivity index (χ2v) is 8.09. The summed E-state index contributed by atoms with van der Waals surface area (Å²) in [7, 11) is 1.76. The number of likely N-dealkylation sites (tertiary alicyclic amines) is 1. The molecule has 1 fully saturated rings. The minimum atomic E-state index is -4.84. The molecule has 1 atom stereocenters. The molecule has 2 N–H and O–H groups in total. The number of halogens is 4. The van der Waals surface area contributed by atoms with Gasteiger partial charge < -0.3 is 20.3 Å². The zero-order chi connectivity index (χ0) is 24.0. The molecule has 10 heteroatoms. The van der Waals surface area contributed by atoms with Crippen LogP contribution in [0.1, 0.15) is 25.7 Å². The molecule has 1 heterocycles. The van der Waals surface area contributed by atoms with Gasteiger partial charge in [-0.3, -0.25) is 9.59 Å². The molecular formula is C23H25ClF3N3O3. The van der Waals surface area contributed by atoms with Crippen LogP contribution in [0.3, 0.4) is 0 Å². The Morgan fingerprint density at radius 2 is 1.91 bits per heavy atom. The van der Waals surface area contributed by atoms with Crippen molar-refractivity contribution in [2.75, 3.05) is 25.5 Å². The zero-order valence-electron chi connectivity index (χ0n) is 18.0. The van der Waals surface area contributed by atoms with Crippen LogP contribution in [0.25, 0.3) is 11.1 Å². The largest absolute Gasteiger partial charge is 0.573 e. The number of carbonyl (C=O) groups is 2. The lowest BCUT2D eigenvalue weighted by atomic mass is 10.0. The van der Waals surface area contributed by atoms with E-state index in [1.54, 1.807) is 24.1 Å². The summed E-state index contributed by atoms with van der Waals surface area (Å²) in [5, 5.41) is 5.86. The van der Waals surface area contributed by atoms with Crippen LogP contribution in [0.4, 0.5) is 18.9 Å². The normalized spacial score (nSPS) is 16.4. The van der Waals surface area contributed by atoms with E-state index in [2.05, 4.69) is 15.4 Å². The van der Waals surface area contributed by atoms with Crippen molar-refractivity contribution in [3.8, 4) is 16.9 Å². The highest BCUT2D eigenvalue weighted by molar-refractivity contribution is 6.33. The van der Waals surface area contributed by atoms with Crippen LogP contribution in [0.2, 0.25) is 5.02 Å². The number of ether oxygens (including phenoxy) is 1. The van der Waals surface area contributed by atoms with E-state index in [0.29, 0.717) is 37.2 Å². The summed E-state index contributed by atoms with van der Waals surface area (Å²) in [5.41, 5.74) is 0.888. The first-order chi connectivity index (χ1) is 15.7. The Kier molecular flexibility index (Phi) is 8.20. The number of benzene rings is 2. The van der Waals surface area contributed by atoms with Crippen LogP contribution < -0.4 is 15.4 Å². The van der Waals surface area contributed by atoms with Gasteiger partial charge in [-0.05, 0) is 44.5 Å². The molecule has 1 aliphatic heterocycles. The maximum atomic E-state index is 12.9. The number of hydrogen-bond acceptors (Lipinski definition) is 4. The second-order valence-electron chi connectivity index (χ2n) is 7.68. The number of nitrogens with one attached hydrogen (secondary N) is 2. The van der Waals surface area contributed by atoms with Crippen molar-refractivity contribution in [2.24, 2.45) is 0 Å². The molecule has 0 saturated carbocycles. The van der Waals surface area contributed by atoms with Crippen LogP contribution >= 0.6 is 11.6 Å². The standard InChI is InChI=1S/C23H25ClF3N3O3/c1-28-12-11-21(31)30-13-5-4-7-19(30)22(32)29-15-9-10-16(18(24)14-15)17-6-2-3-8-20(17)33-23(25,26)27/h2-3,6,8-10,14,19,28H,4-5,7,11-13H2,1H3,(H,29,32). The number of rotatable bonds is 7. The number of nitrogens with zero attached hydrogens (tertiary/aromatic N) is 1. The fourth-order valence-electron chi connectivity index (χ4n) is 3.82. The number of alkyl halides is 3. The molecule has 0 radical (unpaired) electrons. The van der Waals surface area contributed by atoms with Gasteiger partial charge in [-0.15, -0.1) is 13.2 Å². The van der Waals surface area contributed by atoms with E-state index in [1.165, 1.54) is 30.3 Å². The summed E-state index contributed by atoms with van der Waals surface area (Å²) in [5.74, 6) is -0.780.